The molecule has 2 N–H and O–H groups in total. The van der Waals surface area contributed by atoms with Crippen molar-refractivity contribution in [2.45, 2.75) is 23.5 Å². The first kappa shape index (κ1) is 14.9. The van der Waals surface area contributed by atoms with Crippen molar-refractivity contribution in [3.63, 3.8) is 0 Å². The zero-order chi connectivity index (χ0) is 13.8. The van der Waals surface area contributed by atoms with Crippen LogP contribution in [0.15, 0.2) is 35.2 Å². The molecular weight excluding hydrogens is 271 g/mol. The summed E-state index contributed by atoms with van der Waals surface area (Å²) in [6.45, 7) is -0.925. The van der Waals surface area contributed by atoms with E-state index < -0.39 is 35.3 Å². The van der Waals surface area contributed by atoms with Crippen molar-refractivity contribution in [1.82, 2.24) is 4.72 Å². The molecule has 1 aromatic carbocycles. The minimum Gasteiger partial charge on any atom is -0.395 e. The van der Waals surface area contributed by atoms with Crippen LogP contribution in [-0.2, 0) is 10.0 Å². The number of rotatable bonds is 5. The molecular formula is C10H12F3NO3S. The van der Waals surface area contributed by atoms with Crippen molar-refractivity contribution in [2.75, 3.05) is 6.61 Å². The Hall–Kier alpha value is -1.12. The smallest absolute Gasteiger partial charge is 0.390 e. The summed E-state index contributed by atoms with van der Waals surface area (Å²) in [7, 11) is -4.05. The lowest BCUT2D eigenvalue weighted by Crippen LogP contribution is -2.40. The van der Waals surface area contributed by atoms with Gasteiger partial charge in [0.25, 0.3) is 0 Å². The fourth-order valence-electron chi connectivity index (χ4n) is 1.31. The summed E-state index contributed by atoms with van der Waals surface area (Å²) in [5, 5.41) is 8.77. The molecule has 0 aromatic heterocycles. The van der Waals surface area contributed by atoms with Gasteiger partial charge in [0.1, 0.15) is 0 Å². The van der Waals surface area contributed by atoms with Gasteiger partial charge in [-0.05, 0) is 12.1 Å². The van der Waals surface area contributed by atoms with E-state index in [1.54, 1.807) is 6.07 Å². The third-order valence-corrected chi connectivity index (χ3v) is 3.61. The van der Waals surface area contributed by atoms with Crippen LogP contribution < -0.4 is 4.72 Å². The summed E-state index contributed by atoms with van der Waals surface area (Å²) < 4.78 is 61.6. The average molecular weight is 283 g/mol. The highest BCUT2D eigenvalue weighted by molar-refractivity contribution is 7.89. The molecule has 4 nitrogen and oxygen atoms in total. The lowest BCUT2D eigenvalue weighted by Gasteiger charge is -2.17. The minimum atomic E-state index is -4.55. The average Bonchev–Trinajstić information content (AvgIpc) is 2.27. The summed E-state index contributed by atoms with van der Waals surface area (Å²) in [6.07, 6.45) is -5.97. The van der Waals surface area contributed by atoms with Gasteiger partial charge >= 0.3 is 6.18 Å². The van der Waals surface area contributed by atoms with E-state index in [1.807, 2.05) is 4.72 Å². The van der Waals surface area contributed by atoms with Crippen LogP contribution in [0.3, 0.4) is 0 Å². The van der Waals surface area contributed by atoms with Crippen molar-refractivity contribution in [2.24, 2.45) is 0 Å². The van der Waals surface area contributed by atoms with Crippen molar-refractivity contribution in [3.8, 4) is 0 Å². The summed E-state index contributed by atoms with van der Waals surface area (Å²) in [4.78, 5) is -0.148. The maximum Gasteiger partial charge on any atom is 0.390 e. The second-order valence-electron chi connectivity index (χ2n) is 3.63. The molecule has 0 heterocycles. The van der Waals surface area contributed by atoms with Crippen molar-refractivity contribution >= 4 is 10.0 Å². The first-order valence-corrected chi connectivity index (χ1v) is 6.48. The molecule has 0 saturated carbocycles. The van der Waals surface area contributed by atoms with E-state index in [2.05, 4.69) is 0 Å². The molecule has 8 heteroatoms. The van der Waals surface area contributed by atoms with Crippen molar-refractivity contribution in [1.29, 1.82) is 0 Å². The van der Waals surface area contributed by atoms with Crippen LogP contribution in [0.2, 0.25) is 0 Å². The molecule has 0 aliphatic carbocycles. The molecule has 0 unspecified atom stereocenters. The zero-order valence-electron chi connectivity index (χ0n) is 9.18. The third-order valence-electron chi connectivity index (χ3n) is 2.07. The summed E-state index contributed by atoms with van der Waals surface area (Å²) in [6, 6.07) is 5.40. The van der Waals surface area contributed by atoms with Crippen LogP contribution in [0.4, 0.5) is 13.2 Å². The second-order valence-corrected chi connectivity index (χ2v) is 5.35. The summed E-state index contributed by atoms with van der Waals surface area (Å²) >= 11 is 0. The first-order chi connectivity index (χ1) is 8.24. The quantitative estimate of drug-likeness (QED) is 0.855. The highest BCUT2D eigenvalue weighted by Gasteiger charge is 2.33. The van der Waals surface area contributed by atoms with Gasteiger partial charge in [-0.25, -0.2) is 13.1 Å². The van der Waals surface area contributed by atoms with Gasteiger partial charge in [0.15, 0.2) is 0 Å². The molecule has 0 fully saturated rings. The van der Waals surface area contributed by atoms with Gasteiger partial charge in [-0.1, -0.05) is 18.2 Å². The molecule has 0 spiro atoms. The van der Waals surface area contributed by atoms with E-state index in [1.165, 1.54) is 24.3 Å². The highest BCUT2D eigenvalue weighted by atomic mass is 32.2. The zero-order valence-corrected chi connectivity index (χ0v) is 10.0. The van der Waals surface area contributed by atoms with Crippen LogP contribution in [0, 0.1) is 0 Å². The van der Waals surface area contributed by atoms with Crippen molar-refractivity contribution in [3.05, 3.63) is 30.3 Å². The van der Waals surface area contributed by atoms with Crippen LogP contribution in [0.25, 0.3) is 0 Å². The largest absolute Gasteiger partial charge is 0.395 e. The first-order valence-electron chi connectivity index (χ1n) is 4.99. The molecule has 0 radical (unpaired) electrons. The van der Waals surface area contributed by atoms with E-state index in [4.69, 9.17) is 5.11 Å². The summed E-state index contributed by atoms with van der Waals surface area (Å²) in [5.74, 6) is 0. The number of halogens is 3. The lowest BCUT2D eigenvalue weighted by molar-refractivity contribution is -0.140. The van der Waals surface area contributed by atoms with Gasteiger partial charge in [0.2, 0.25) is 10.0 Å². The van der Waals surface area contributed by atoms with Crippen LogP contribution >= 0.6 is 0 Å². The number of alkyl halides is 3. The van der Waals surface area contributed by atoms with Gasteiger partial charge in [-0.3, -0.25) is 0 Å². The van der Waals surface area contributed by atoms with Gasteiger partial charge in [-0.15, -0.1) is 0 Å². The van der Waals surface area contributed by atoms with Gasteiger partial charge < -0.3 is 5.11 Å². The van der Waals surface area contributed by atoms with E-state index in [0.717, 1.165) is 0 Å². The molecule has 1 rings (SSSR count). The fraction of sp³-hybridized carbons (Fsp3) is 0.400. The molecule has 0 aliphatic heterocycles. The Balaban J connectivity index is 2.82. The maximum absolute atomic E-state index is 12.1. The standard InChI is InChI=1S/C10H12F3NO3S/c11-10(12,13)6-8(7-15)14-18(16,17)9-4-2-1-3-5-9/h1-5,8,14-15H,6-7H2/t8-/m0/s1. The van der Waals surface area contributed by atoms with Gasteiger partial charge in [0.05, 0.1) is 24.0 Å². The molecule has 0 aliphatic rings. The molecule has 102 valence electrons. The predicted molar refractivity (Wildman–Crippen MR) is 58.3 cm³/mol. The molecule has 0 amide bonds. The molecule has 1 aromatic rings. The number of hydrogen-bond acceptors (Lipinski definition) is 3. The van der Waals surface area contributed by atoms with Crippen LogP contribution in [-0.4, -0.2) is 32.3 Å². The SMILES string of the molecule is O=S(=O)(N[C@H](CO)CC(F)(F)F)c1ccccc1. The number of aliphatic hydroxyl groups is 1. The fourth-order valence-corrected chi connectivity index (χ4v) is 2.56. The Morgan fingerprint density at radius 2 is 1.78 bits per heavy atom. The van der Waals surface area contributed by atoms with Crippen LogP contribution in [0.1, 0.15) is 6.42 Å². The molecule has 18 heavy (non-hydrogen) atoms. The van der Waals surface area contributed by atoms with E-state index in [0.29, 0.717) is 0 Å². The predicted octanol–water partition coefficient (Wildman–Crippen LogP) is 1.28. The second kappa shape index (κ2) is 5.68. The number of hydrogen-bond donors (Lipinski definition) is 2. The highest BCUT2D eigenvalue weighted by Crippen LogP contribution is 2.22. The third kappa shape index (κ3) is 4.63. The monoisotopic (exact) mass is 283 g/mol. The van der Waals surface area contributed by atoms with E-state index in [-0.39, 0.29) is 4.90 Å². The maximum atomic E-state index is 12.1. The molecule has 0 saturated heterocycles. The number of benzene rings is 1. The Morgan fingerprint density at radius 3 is 2.22 bits per heavy atom. The number of aliphatic hydroxyl groups excluding tert-OH is 1. The molecule has 0 bridgehead atoms. The minimum absolute atomic E-state index is 0.148. The topological polar surface area (TPSA) is 66.4 Å². The Bertz CT molecular complexity index is 473. The lowest BCUT2D eigenvalue weighted by atomic mass is 10.2. The van der Waals surface area contributed by atoms with Gasteiger partial charge in [0, 0.05) is 0 Å². The Morgan fingerprint density at radius 1 is 1.22 bits per heavy atom. The van der Waals surface area contributed by atoms with E-state index >= 15 is 0 Å². The Labute approximate surface area is 102 Å². The number of nitrogens with one attached hydrogen (secondary N) is 1. The van der Waals surface area contributed by atoms with Gasteiger partial charge in [-0.2, -0.15) is 13.2 Å². The van der Waals surface area contributed by atoms with E-state index in [9.17, 15) is 21.6 Å². The summed E-state index contributed by atoms with van der Waals surface area (Å²) in [5.41, 5.74) is 0. The molecule has 1 atom stereocenters. The van der Waals surface area contributed by atoms with Crippen LogP contribution in [0.5, 0.6) is 0 Å². The van der Waals surface area contributed by atoms with Crippen molar-refractivity contribution < 1.29 is 26.7 Å². The number of sulfonamides is 1. The Kier molecular flexibility index (Phi) is 4.71. The normalized spacial score (nSPS) is 14.4.